The number of aromatic nitrogens is 5. The third kappa shape index (κ3) is 3.23. The van der Waals surface area contributed by atoms with Crippen LogP contribution in [0.5, 0.6) is 0 Å². The summed E-state index contributed by atoms with van der Waals surface area (Å²) >= 11 is 0. The Morgan fingerprint density at radius 1 is 0.871 bits per heavy atom. The Labute approximate surface area is 180 Å². The van der Waals surface area contributed by atoms with Gasteiger partial charge < -0.3 is 19.2 Å². The van der Waals surface area contributed by atoms with Crippen molar-refractivity contribution in [3.8, 4) is 22.3 Å². The summed E-state index contributed by atoms with van der Waals surface area (Å²) in [6.45, 7) is 4.19. The maximum atomic E-state index is 4.74. The van der Waals surface area contributed by atoms with Gasteiger partial charge in [-0.05, 0) is 37.4 Å². The van der Waals surface area contributed by atoms with Crippen molar-refractivity contribution in [3.63, 3.8) is 0 Å². The normalized spacial score (nSPS) is 15.2. The number of hydrogen-bond acceptors (Lipinski definition) is 5. The molecule has 0 aliphatic carbocycles. The smallest absolute Gasteiger partial charge is 0.137 e. The Hall–Kier alpha value is -3.71. The molecule has 5 aromatic heterocycles. The van der Waals surface area contributed by atoms with Gasteiger partial charge in [0.1, 0.15) is 17.1 Å². The van der Waals surface area contributed by atoms with E-state index in [4.69, 9.17) is 4.98 Å². The molecule has 7 heteroatoms. The molecule has 5 aromatic rings. The molecule has 0 saturated carbocycles. The van der Waals surface area contributed by atoms with Crippen molar-refractivity contribution in [3.05, 3.63) is 67.5 Å². The molecule has 7 nitrogen and oxygen atoms in total. The highest BCUT2D eigenvalue weighted by atomic mass is 15.3. The molecule has 1 fully saturated rings. The van der Waals surface area contributed by atoms with Gasteiger partial charge in [0.05, 0.1) is 0 Å². The van der Waals surface area contributed by atoms with Crippen molar-refractivity contribution in [2.24, 2.45) is 0 Å². The zero-order valence-corrected chi connectivity index (χ0v) is 17.4. The maximum absolute atomic E-state index is 4.74. The number of anilines is 1. The summed E-state index contributed by atoms with van der Waals surface area (Å²) in [6.07, 6.45) is 11.8. The molecule has 1 aliphatic heterocycles. The second-order valence-corrected chi connectivity index (χ2v) is 8.13. The standard InChI is InChI=1S/C24H23N7/c1-29-8-10-30(11-9-29)23-4-2-17(13-26-23)19-12-20-21(15-28-24(20)27-14-19)18-3-5-22-25-6-7-31(22)16-18/h2-7,12-16H,8-11H2,1H3,(H,27,28). The SMILES string of the molecule is CN1CCN(c2ccc(-c3cnc4[nH]cc(-c5ccc6nccn6c5)c4c3)cn2)CC1. The summed E-state index contributed by atoms with van der Waals surface area (Å²) in [5, 5.41) is 1.10. The second-order valence-electron chi connectivity index (χ2n) is 8.13. The van der Waals surface area contributed by atoms with E-state index in [9.17, 15) is 0 Å². The topological polar surface area (TPSA) is 65.3 Å². The van der Waals surface area contributed by atoms with Crippen LogP contribution in [0.25, 0.3) is 38.9 Å². The molecular formula is C24H23N7. The molecular weight excluding hydrogens is 386 g/mol. The fourth-order valence-electron chi connectivity index (χ4n) is 4.26. The van der Waals surface area contributed by atoms with Crippen LogP contribution in [0.1, 0.15) is 0 Å². The van der Waals surface area contributed by atoms with Crippen LogP contribution in [0.2, 0.25) is 0 Å². The molecule has 0 unspecified atom stereocenters. The predicted octanol–water partition coefficient (Wildman–Crippen LogP) is 3.69. The summed E-state index contributed by atoms with van der Waals surface area (Å²) in [5.41, 5.74) is 6.21. The minimum Gasteiger partial charge on any atom is -0.354 e. The number of piperazine rings is 1. The number of aromatic amines is 1. The summed E-state index contributed by atoms with van der Waals surface area (Å²) in [5.74, 6) is 1.04. The highest BCUT2D eigenvalue weighted by molar-refractivity contribution is 5.95. The number of hydrogen-bond donors (Lipinski definition) is 1. The summed E-state index contributed by atoms with van der Waals surface area (Å²) < 4.78 is 2.03. The van der Waals surface area contributed by atoms with E-state index in [1.165, 1.54) is 0 Å². The fraction of sp³-hybridized carbons (Fsp3) is 0.208. The first kappa shape index (κ1) is 18.1. The van der Waals surface area contributed by atoms with E-state index < -0.39 is 0 Å². The van der Waals surface area contributed by atoms with Crippen molar-refractivity contribution in [2.75, 3.05) is 38.1 Å². The van der Waals surface area contributed by atoms with Crippen LogP contribution in [0.15, 0.2) is 67.5 Å². The van der Waals surface area contributed by atoms with Gasteiger partial charge in [-0.15, -0.1) is 0 Å². The van der Waals surface area contributed by atoms with E-state index in [1.807, 2.05) is 41.5 Å². The second kappa shape index (κ2) is 7.21. The van der Waals surface area contributed by atoms with Crippen molar-refractivity contribution >= 4 is 22.5 Å². The molecule has 6 rings (SSSR count). The third-order valence-corrected chi connectivity index (χ3v) is 6.14. The lowest BCUT2D eigenvalue weighted by molar-refractivity contribution is 0.312. The zero-order valence-electron chi connectivity index (χ0n) is 17.4. The maximum Gasteiger partial charge on any atom is 0.137 e. The monoisotopic (exact) mass is 409 g/mol. The van der Waals surface area contributed by atoms with E-state index in [1.54, 1.807) is 0 Å². The van der Waals surface area contributed by atoms with Gasteiger partial charge in [0, 0.05) is 91.0 Å². The molecule has 1 aliphatic rings. The van der Waals surface area contributed by atoms with Crippen LogP contribution in [0.3, 0.4) is 0 Å². The third-order valence-electron chi connectivity index (χ3n) is 6.14. The lowest BCUT2D eigenvalue weighted by Crippen LogP contribution is -2.44. The van der Waals surface area contributed by atoms with Crippen LogP contribution in [0, 0.1) is 0 Å². The fourth-order valence-corrected chi connectivity index (χ4v) is 4.26. The summed E-state index contributed by atoms with van der Waals surface area (Å²) in [7, 11) is 2.17. The van der Waals surface area contributed by atoms with Crippen LogP contribution in [-0.2, 0) is 0 Å². The van der Waals surface area contributed by atoms with Crippen molar-refractivity contribution in [1.29, 1.82) is 0 Å². The molecule has 0 spiro atoms. The minimum absolute atomic E-state index is 0.881. The van der Waals surface area contributed by atoms with Gasteiger partial charge >= 0.3 is 0 Å². The molecule has 0 aromatic carbocycles. The summed E-state index contributed by atoms with van der Waals surface area (Å²) in [6, 6.07) is 10.6. The molecule has 1 N–H and O–H groups in total. The average Bonchev–Trinajstić information content (AvgIpc) is 3.45. The molecule has 0 atom stereocenters. The predicted molar refractivity (Wildman–Crippen MR) is 123 cm³/mol. The number of nitrogens with zero attached hydrogens (tertiary/aromatic N) is 6. The number of likely N-dealkylation sites (N-methyl/N-ethyl adjacent to an activating group) is 1. The zero-order chi connectivity index (χ0) is 20.8. The largest absolute Gasteiger partial charge is 0.354 e. The molecule has 31 heavy (non-hydrogen) atoms. The minimum atomic E-state index is 0.881. The van der Waals surface area contributed by atoms with Crippen molar-refractivity contribution in [2.45, 2.75) is 0 Å². The number of nitrogens with one attached hydrogen (secondary N) is 1. The number of H-pyrrole nitrogens is 1. The van der Waals surface area contributed by atoms with Crippen molar-refractivity contribution < 1.29 is 0 Å². The lowest BCUT2D eigenvalue weighted by atomic mass is 10.0. The lowest BCUT2D eigenvalue weighted by Gasteiger charge is -2.33. The van der Waals surface area contributed by atoms with Crippen molar-refractivity contribution in [1.82, 2.24) is 29.2 Å². The molecule has 1 saturated heterocycles. The molecule has 154 valence electrons. The summed E-state index contributed by atoms with van der Waals surface area (Å²) in [4.78, 5) is 21.7. The Bertz CT molecular complexity index is 1360. The Balaban J connectivity index is 1.34. The molecule has 0 bridgehead atoms. The van der Waals surface area contributed by atoms with Crippen LogP contribution in [-0.4, -0.2) is 62.5 Å². The number of rotatable bonds is 3. The number of pyridine rings is 3. The Kier molecular flexibility index (Phi) is 4.21. The molecule has 0 amide bonds. The van der Waals surface area contributed by atoms with E-state index in [0.29, 0.717) is 0 Å². The average molecular weight is 409 g/mol. The van der Waals surface area contributed by atoms with Crippen LogP contribution < -0.4 is 4.90 Å². The number of imidazole rings is 1. The molecule has 0 radical (unpaired) electrons. The Morgan fingerprint density at radius 2 is 1.71 bits per heavy atom. The van der Waals surface area contributed by atoms with Gasteiger partial charge in [-0.2, -0.15) is 0 Å². The first-order valence-corrected chi connectivity index (χ1v) is 10.5. The first-order chi connectivity index (χ1) is 15.2. The van der Waals surface area contributed by atoms with E-state index >= 15 is 0 Å². The van der Waals surface area contributed by atoms with E-state index in [-0.39, 0.29) is 0 Å². The van der Waals surface area contributed by atoms with Crippen LogP contribution >= 0.6 is 0 Å². The van der Waals surface area contributed by atoms with E-state index in [2.05, 4.69) is 62.3 Å². The van der Waals surface area contributed by atoms with Gasteiger partial charge in [0.25, 0.3) is 0 Å². The van der Waals surface area contributed by atoms with Gasteiger partial charge in [0.2, 0.25) is 0 Å². The molecule has 6 heterocycles. The van der Waals surface area contributed by atoms with Crippen LogP contribution in [0.4, 0.5) is 5.82 Å². The first-order valence-electron chi connectivity index (χ1n) is 10.5. The van der Waals surface area contributed by atoms with Gasteiger partial charge in [0.15, 0.2) is 0 Å². The quantitative estimate of drug-likeness (QED) is 0.492. The van der Waals surface area contributed by atoms with Gasteiger partial charge in [-0.1, -0.05) is 0 Å². The van der Waals surface area contributed by atoms with Gasteiger partial charge in [-0.25, -0.2) is 15.0 Å². The van der Waals surface area contributed by atoms with Gasteiger partial charge in [-0.3, -0.25) is 0 Å². The highest BCUT2D eigenvalue weighted by Gasteiger charge is 2.15. The number of fused-ring (bicyclic) bond motifs is 2. The highest BCUT2D eigenvalue weighted by Crippen LogP contribution is 2.31. The van der Waals surface area contributed by atoms with E-state index in [0.717, 1.165) is 70.9 Å². The Morgan fingerprint density at radius 3 is 2.55 bits per heavy atom.